The van der Waals surface area contributed by atoms with Crippen LogP contribution in [0, 0.1) is 5.82 Å². The van der Waals surface area contributed by atoms with Gasteiger partial charge in [-0.25, -0.2) is 9.29 Å². The molecule has 1 aliphatic rings. The van der Waals surface area contributed by atoms with Crippen molar-refractivity contribution < 1.29 is 23.5 Å². The van der Waals surface area contributed by atoms with Crippen LogP contribution in [-0.4, -0.2) is 31.6 Å². The zero-order valence-electron chi connectivity index (χ0n) is 13.8. The number of imide groups is 1. The molecule has 5 nitrogen and oxygen atoms in total. The average molecular weight is 356 g/mol. The van der Waals surface area contributed by atoms with Gasteiger partial charge in [0.15, 0.2) is 0 Å². The van der Waals surface area contributed by atoms with Gasteiger partial charge in [-0.05, 0) is 26.8 Å². The quantitative estimate of drug-likeness (QED) is 0.445. The van der Waals surface area contributed by atoms with Gasteiger partial charge in [0.05, 0.1) is 23.7 Å². The number of ether oxygens (including phenoxy) is 2. The fourth-order valence-corrected chi connectivity index (χ4v) is 2.55. The first kappa shape index (κ1) is 18.4. The number of carbonyl (C=O) groups excluding carboxylic acids is 2. The number of carbonyl (C=O) groups is 2. The van der Waals surface area contributed by atoms with Crippen molar-refractivity contribution in [2.45, 2.75) is 27.2 Å². The van der Waals surface area contributed by atoms with Crippen molar-refractivity contribution in [3.63, 3.8) is 0 Å². The summed E-state index contributed by atoms with van der Waals surface area (Å²) in [7, 11) is 0. The number of benzene rings is 1. The summed E-state index contributed by atoms with van der Waals surface area (Å²) >= 11 is 5.97. The highest BCUT2D eigenvalue weighted by Gasteiger charge is 2.37. The Labute approximate surface area is 145 Å². The van der Waals surface area contributed by atoms with Crippen molar-refractivity contribution in [3.8, 4) is 5.75 Å². The second-order valence-corrected chi connectivity index (χ2v) is 5.88. The Bertz CT molecular complexity index is 698. The molecule has 7 heteroatoms. The maximum Gasteiger partial charge on any atom is 0.261 e. The molecule has 1 aliphatic heterocycles. The summed E-state index contributed by atoms with van der Waals surface area (Å²) in [4.78, 5) is 25.4. The standard InChI is InChI=1S/C17H19ClFNO4/c1-4-23-5-6-24-15-9-14(13(19)8-12(15)18)20-16(21)7-11(10(2)3)17(20)22/h8-9H,4-7H2,1-3H3. The molecular weight excluding hydrogens is 337 g/mol. The highest BCUT2D eigenvalue weighted by atomic mass is 35.5. The molecule has 130 valence electrons. The van der Waals surface area contributed by atoms with Crippen molar-refractivity contribution in [2.24, 2.45) is 0 Å². The summed E-state index contributed by atoms with van der Waals surface area (Å²) in [5.74, 6) is -1.55. The lowest BCUT2D eigenvalue weighted by atomic mass is 10.1. The molecule has 2 rings (SSSR count). The molecular formula is C17H19ClFNO4. The van der Waals surface area contributed by atoms with Gasteiger partial charge in [-0.1, -0.05) is 17.2 Å². The number of anilines is 1. The average Bonchev–Trinajstić information content (AvgIpc) is 2.81. The topological polar surface area (TPSA) is 55.8 Å². The van der Waals surface area contributed by atoms with Crippen molar-refractivity contribution >= 4 is 29.1 Å². The molecule has 0 bridgehead atoms. The predicted molar refractivity (Wildman–Crippen MR) is 88.9 cm³/mol. The monoisotopic (exact) mass is 355 g/mol. The van der Waals surface area contributed by atoms with Crippen molar-refractivity contribution in [1.29, 1.82) is 0 Å². The van der Waals surface area contributed by atoms with Gasteiger partial charge < -0.3 is 9.47 Å². The third-order valence-electron chi connectivity index (χ3n) is 3.57. The molecule has 1 aromatic carbocycles. The lowest BCUT2D eigenvalue weighted by molar-refractivity contribution is -0.120. The molecule has 1 aromatic rings. The minimum atomic E-state index is -0.756. The Hall–Kier alpha value is -1.92. The van der Waals surface area contributed by atoms with E-state index >= 15 is 0 Å². The number of allylic oxidation sites excluding steroid dienone is 1. The Morgan fingerprint density at radius 1 is 1.29 bits per heavy atom. The van der Waals surface area contributed by atoms with Gasteiger partial charge >= 0.3 is 0 Å². The number of hydrogen-bond donors (Lipinski definition) is 0. The number of rotatable bonds is 6. The molecule has 24 heavy (non-hydrogen) atoms. The van der Waals surface area contributed by atoms with E-state index in [9.17, 15) is 14.0 Å². The molecule has 0 aromatic heterocycles. The Morgan fingerprint density at radius 3 is 2.58 bits per heavy atom. The predicted octanol–water partition coefficient (Wildman–Crippen LogP) is 3.49. The third kappa shape index (κ3) is 3.76. The first-order valence-corrected chi connectivity index (χ1v) is 7.97. The smallest absolute Gasteiger partial charge is 0.261 e. The van der Waals surface area contributed by atoms with E-state index in [1.807, 2.05) is 6.92 Å². The summed E-state index contributed by atoms with van der Waals surface area (Å²) < 4.78 is 24.9. The number of amides is 2. The second-order valence-electron chi connectivity index (χ2n) is 5.47. The normalized spacial score (nSPS) is 14.5. The van der Waals surface area contributed by atoms with Crippen LogP contribution in [0.1, 0.15) is 27.2 Å². The number of hydrogen-bond acceptors (Lipinski definition) is 4. The summed E-state index contributed by atoms with van der Waals surface area (Å²) in [5, 5.41) is 0.0641. The Morgan fingerprint density at radius 2 is 2.00 bits per heavy atom. The Balaban J connectivity index is 2.32. The van der Waals surface area contributed by atoms with Crippen LogP contribution in [0.15, 0.2) is 23.3 Å². The molecule has 1 saturated heterocycles. The van der Waals surface area contributed by atoms with Crippen LogP contribution in [0.2, 0.25) is 5.02 Å². The summed E-state index contributed by atoms with van der Waals surface area (Å²) in [6, 6.07) is 2.31. The van der Waals surface area contributed by atoms with E-state index in [2.05, 4.69) is 0 Å². The molecule has 0 unspecified atom stereocenters. The van der Waals surface area contributed by atoms with Gasteiger partial charge in [0.1, 0.15) is 18.2 Å². The zero-order chi connectivity index (χ0) is 17.9. The summed E-state index contributed by atoms with van der Waals surface area (Å²) in [6.45, 7) is 6.46. The van der Waals surface area contributed by atoms with Crippen molar-refractivity contribution in [2.75, 3.05) is 24.7 Å². The van der Waals surface area contributed by atoms with E-state index in [1.165, 1.54) is 6.07 Å². The van der Waals surface area contributed by atoms with Gasteiger partial charge in [-0.3, -0.25) is 9.59 Å². The molecule has 0 spiro atoms. The van der Waals surface area contributed by atoms with Gasteiger partial charge in [0.25, 0.3) is 5.91 Å². The molecule has 2 amide bonds. The van der Waals surface area contributed by atoms with E-state index < -0.39 is 17.6 Å². The van der Waals surface area contributed by atoms with Gasteiger partial charge in [0.2, 0.25) is 5.91 Å². The lowest BCUT2D eigenvalue weighted by Crippen LogP contribution is -2.30. The van der Waals surface area contributed by atoms with E-state index in [1.54, 1.807) is 13.8 Å². The second kappa shape index (κ2) is 7.77. The van der Waals surface area contributed by atoms with E-state index in [0.29, 0.717) is 18.8 Å². The highest BCUT2D eigenvalue weighted by Crippen LogP contribution is 2.36. The molecule has 0 saturated carbocycles. The molecule has 0 aliphatic carbocycles. The molecule has 0 N–H and O–H groups in total. The molecule has 1 heterocycles. The van der Waals surface area contributed by atoms with Crippen LogP contribution in [0.4, 0.5) is 10.1 Å². The minimum absolute atomic E-state index is 0.0379. The van der Waals surface area contributed by atoms with E-state index in [-0.39, 0.29) is 29.5 Å². The van der Waals surface area contributed by atoms with Gasteiger partial charge in [0, 0.05) is 18.2 Å². The fraction of sp³-hybridized carbons (Fsp3) is 0.412. The summed E-state index contributed by atoms with van der Waals surface area (Å²) in [6.07, 6.45) is -0.0379. The highest BCUT2D eigenvalue weighted by molar-refractivity contribution is 6.32. The van der Waals surface area contributed by atoms with Crippen molar-refractivity contribution in [3.05, 3.63) is 34.1 Å². The Kier molecular flexibility index (Phi) is 5.96. The van der Waals surface area contributed by atoms with Crippen LogP contribution in [0.5, 0.6) is 5.75 Å². The van der Waals surface area contributed by atoms with Crippen molar-refractivity contribution in [1.82, 2.24) is 0 Å². The molecule has 0 atom stereocenters. The number of halogens is 2. The largest absolute Gasteiger partial charge is 0.490 e. The fourth-order valence-electron chi connectivity index (χ4n) is 2.34. The first-order valence-electron chi connectivity index (χ1n) is 7.60. The first-order chi connectivity index (χ1) is 11.4. The van der Waals surface area contributed by atoms with E-state index in [0.717, 1.165) is 16.5 Å². The minimum Gasteiger partial charge on any atom is -0.490 e. The van der Waals surface area contributed by atoms with Crippen LogP contribution >= 0.6 is 11.6 Å². The maximum absolute atomic E-state index is 14.3. The number of nitrogens with zero attached hydrogens (tertiary/aromatic N) is 1. The van der Waals surface area contributed by atoms with Gasteiger partial charge in [-0.15, -0.1) is 0 Å². The van der Waals surface area contributed by atoms with E-state index in [4.69, 9.17) is 21.1 Å². The van der Waals surface area contributed by atoms with Gasteiger partial charge in [-0.2, -0.15) is 0 Å². The third-order valence-corrected chi connectivity index (χ3v) is 3.87. The zero-order valence-corrected chi connectivity index (χ0v) is 14.6. The lowest BCUT2D eigenvalue weighted by Gasteiger charge is -2.17. The van der Waals surface area contributed by atoms with Crippen LogP contribution in [-0.2, 0) is 14.3 Å². The van der Waals surface area contributed by atoms with Crippen LogP contribution < -0.4 is 9.64 Å². The van der Waals surface area contributed by atoms with Crippen LogP contribution in [0.25, 0.3) is 0 Å². The molecule has 0 radical (unpaired) electrons. The SMILES string of the molecule is CCOCCOc1cc(N2C(=O)CC(=C(C)C)C2=O)c(F)cc1Cl. The maximum atomic E-state index is 14.3. The summed E-state index contributed by atoms with van der Waals surface area (Å²) in [5.41, 5.74) is 0.962. The molecule has 1 fully saturated rings. The van der Waals surface area contributed by atoms with Crippen LogP contribution in [0.3, 0.4) is 0 Å².